The number of nitrogens with zero attached hydrogens (tertiary/aromatic N) is 1. The summed E-state index contributed by atoms with van der Waals surface area (Å²) in [4.78, 5) is 4.63. The molecule has 0 amide bonds. The smallest absolute Gasteiger partial charge is 0.145 e. The van der Waals surface area contributed by atoms with Crippen molar-refractivity contribution in [2.75, 3.05) is 0 Å². The number of pyridine rings is 1. The van der Waals surface area contributed by atoms with Crippen LogP contribution in [0.3, 0.4) is 0 Å². The van der Waals surface area contributed by atoms with Gasteiger partial charge in [0.1, 0.15) is 11.2 Å². The summed E-state index contributed by atoms with van der Waals surface area (Å²) in [5.41, 5.74) is 5.24. The Kier molecular flexibility index (Phi) is 3.90. The maximum atomic E-state index is 9.19. The number of rotatable bonds is 4. The van der Waals surface area contributed by atoms with Gasteiger partial charge in [0.25, 0.3) is 0 Å². The van der Waals surface area contributed by atoms with Gasteiger partial charge in [-0.3, -0.25) is 4.98 Å². The molecule has 3 fully saturated rings. The number of hydrogen-bond acceptors (Lipinski definition) is 2. The lowest BCUT2D eigenvalue weighted by atomic mass is 9.63. The predicted octanol–water partition coefficient (Wildman–Crippen LogP) is 8.99. The van der Waals surface area contributed by atoms with E-state index in [2.05, 4.69) is 4.98 Å². The van der Waals surface area contributed by atoms with Crippen molar-refractivity contribution >= 4 is 21.9 Å². The highest BCUT2D eigenvalue weighted by Crippen LogP contribution is 2.46. The fraction of sp³-hybridized carbons (Fsp3) is 0.303. The van der Waals surface area contributed by atoms with Crippen molar-refractivity contribution < 1.29 is 11.3 Å². The maximum absolute atomic E-state index is 9.19. The van der Waals surface area contributed by atoms with E-state index in [0.717, 1.165) is 35.8 Å². The van der Waals surface area contributed by atoms with Crippen molar-refractivity contribution in [3.8, 4) is 22.4 Å². The van der Waals surface area contributed by atoms with E-state index in [1.54, 1.807) is 24.4 Å². The van der Waals surface area contributed by atoms with E-state index < -0.39 is 13.2 Å². The zero-order valence-corrected chi connectivity index (χ0v) is 19.6. The molecular weight excluding hydrogens is 426 g/mol. The first-order chi connectivity index (χ1) is 19.2. The molecule has 3 aromatic carbocycles. The fourth-order valence-electron chi connectivity index (χ4n) is 6.33. The van der Waals surface area contributed by atoms with Crippen LogP contribution in [0.15, 0.2) is 83.4 Å². The van der Waals surface area contributed by atoms with E-state index in [1.807, 2.05) is 54.6 Å². The van der Waals surface area contributed by atoms with Crippen LogP contribution in [0.2, 0.25) is 0 Å². The number of fused-ring (bicyclic) bond motifs is 6. The molecule has 0 radical (unpaired) electrons. The molecule has 5 aromatic rings. The highest BCUT2D eigenvalue weighted by molar-refractivity contribution is 6.11. The Bertz CT molecular complexity index is 1710. The van der Waals surface area contributed by atoms with Gasteiger partial charge in [-0.15, -0.1) is 0 Å². The van der Waals surface area contributed by atoms with Gasteiger partial charge < -0.3 is 4.42 Å². The molecular formula is C33H31NO. The molecule has 2 nitrogen and oxygen atoms in total. The first-order valence-corrected chi connectivity index (χ1v) is 12.7. The Balaban J connectivity index is 1.38. The normalized spacial score (nSPS) is 24.6. The molecule has 2 aromatic heterocycles. The molecule has 1 unspecified atom stereocenters. The topological polar surface area (TPSA) is 26.0 Å². The van der Waals surface area contributed by atoms with Crippen LogP contribution in [-0.2, 0) is 6.37 Å². The molecule has 0 aliphatic heterocycles. The van der Waals surface area contributed by atoms with Gasteiger partial charge in [0, 0.05) is 29.4 Å². The highest BCUT2D eigenvalue weighted by atomic mass is 16.3. The summed E-state index contributed by atoms with van der Waals surface area (Å²) >= 11 is 0. The third kappa shape index (κ3) is 3.67. The highest BCUT2D eigenvalue weighted by Gasteiger charge is 2.35. The molecule has 8 rings (SSSR count). The minimum atomic E-state index is -2.32. The number of furan rings is 1. The summed E-state index contributed by atoms with van der Waals surface area (Å²) in [5.74, 6) is 1.07. The molecule has 0 spiro atoms. The summed E-state index contributed by atoms with van der Waals surface area (Å²) in [5, 5.41) is 1.30. The van der Waals surface area contributed by atoms with Crippen LogP contribution in [0.1, 0.15) is 50.1 Å². The van der Waals surface area contributed by atoms with Gasteiger partial charge in [-0.1, -0.05) is 55.3 Å². The van der Waals surface area contributed by atoms with E-state index >= 15 is 0 Å². The average molecular weight is 463 g/mol. The molecule has 174 valence electrons. The molecule has 3 saturated carbocycles. The standard InChI is InChI=1S/C33H31NO/c1-21-7-13-28(30-19-23(15-16-34-30)18-27-17-22-8-10-25(27)11-9-22)33-32(21)29-14-12-26(20-31(29)35-33)24-5-3-2-4-6-24/h2-7,12-16,19-20,22,25,27H,8-11,17-18H2,1H3/i1D3,18D2. The Morgan fingerprint density at radius 3 is 2.63 bits per heavy atom. The van der Waals surface area contributed by atoms with Gasteiger partial charge >= 0.3 is 0 Å². The number of benzene rings is 3. The van der Waals surface area contributed by atoms with E-state index in [9.17, 15) is 2.74 Å². The largest absolute Gasteiger partial charge is 0.455 e. The molecule has 0 saturated heterocycles. The Hall–Kier alpha value is -3.39. The lowest BCUT2D eigenvalue weighted by Crippen LogP contribution is -2.32. The summed E-state index contributed by atoms with van der Waals surface area (Å²) in [6.07, 6.45) is 5.85. The summed E-state index contributed by atoms with van der Waals surface area (Å²) in [7, 11) is 0. The molecule has 2 heterocycles. The minimum Gasteiger partial charge on any atom is -0.455 e. The molecule has 0 N–H and O–H groups in total. The van der Waals surface area contributed by atoms with Crippen LogP contribution in [0.25, 0.3) is 44.3 Å². The minimum absolute atomic E-state index is 0.0100. The molecule has 35 heavy (non-hydrogen) atoms. The van der Waals surface area contributed by atoms with Crippen LogP contribution >= 0.6 is 0 Å². The monoisotopic (exact) mass is 462 g/mol. The van der Waals surface area contributed by atoms with Crippen molar-refractivity contribution in [1.82, 2.24) is 4.98 Å². The number of aryl methyl sites for hydroxylation is 1. The molecule has 3 aliphatic rings. The van der Waals surface area contributed by atoms with Gasteiger partial charge in [-0.25, -0.2) is 0 Å². The van der Waals surface area contributed by atoms with Gasteiger partial charge in [-0.2, -0.15) is 0 Å². The van der Waals surface area contributed by atoms with Crippen molar-refractivity contribution in [3.63, 3.8) is 0 Å². The first-order valence-electron chi connectivity index (χ1n) is 15.2. The van der Waals surface area contributed by atoms with E-state index in [0.29, 0.717) is 45.2 Å². The van der Waals surface area contributed by atoms with Crippen LogP contribution in [-0.4, -0.2) is 4.98 Å². The zero-order chi connectivity index (χ0) is 27.6. The van der Waals surface area contributed by atoms with E-state index in [4.69, 9.17) is 8.53 Å². The molecule has 2 heteroatoms. The van der Waals surface area contributed by atoms with Crippen LogP contribution < -0.4 is 0 Å². The third-order valence-electron chi connectivity index (χ3n) is 8.16. The Morgan fingerprint density at radius 2 is 1.83 bits per heavy atom. The lowest BCUT2D eigenvalue weighted by Gasteiger charge is -2.42. The second kappa shape index (κ2) is 8.37. The van der Waals surface area contributed by atoms with Crippen molar-refractivity contribution in [2.24, 2.45) is 17.8 Å². The average Bonchev–Trinajstić information content (AvgIpc) is 3.36. The van der Waals surface area contributed by atoms with Gasteiger partial charge in [0.05, 0.1) is 5.69 Å². The second-order valence-corrected chi connectivity index (χ2v) is 10.2. The molecule has 1 atom stereocenters. The van der Waals surface area contributed by atoms with Crippen molar-refractivity contribution in [1.29, 1.82) is 0 Å². The first kappa shape index (κ1) is 16.3. The number of aromatic nitrogens is 1. The lowest BCUT2D eigenvalue weighted by molar-refractivity contribution is 0.0991. The summed E-state index contributed by atoms with van der Waals surface area (Å²) in [6, 6.07) is 22.9. The predicted molar refractivity (Wildman–Crippen MR) is 144 cm³/mol. The van der Waals surface area contributed by atoms with Crippen LogP contribution in [0.4, 0.5) is 0 Å². The number of hydrogen-bond donors (Lipinski definition) is 0. The van der Waals surface area contributed by atoms with Crippen molar-refractivity contribution in [2.45, 2.75) is 45.3 Å². The Morgan fingerprint density at radius 1 is 0.943 bits per heavy atom. The zero-order valence-electron chi connectivity index (χ0n) is 24.6. The van der Waals surface area contributed by atoms with Gasteiger partial charge in [0.2, 0.25) is 0 Å². The summed E-state index contributed by atoms with van der Waals surface area (Å²) < 4.78 is 49.5. The molecule has 3 aliphatic carbocycles. The third-order valence-corrected chi connectivity index (χ3v) is 8.16. The van der Waals surface area contributed by atoms with Gasteiger partial charge in [0.15, 0.2) is 0 Å². The summed E-state index contributed by atoms with van der Waals surface area (Å²) in [6.45, 7) is -2.32. The second-order valence-electron chi connectivity index (χ2n) is 10.2. The Labute approximate surface area is 214 Å². The maximum Gasteiger partial charge on any atom is 0.145 e. The van der Waals surface area contributed by atoms with Crippen LogP contribution in [0, 0.1) is 24.6 Å². The van der Waals surface area contributed by atoms with Crippen molar-refractivity contribution in [3.05, 3.63) is 90.1 Å². The SMILES string of the molecule is [2H]C([2H])([2H])c1ccc(-c2cc(C([2H])([2H])C3CC4CCC3CC4)ccn2)c2oc3cc(-c4ccccc4)ccc3c12. The van der Waals surface area contributed by atoms with Crippen LogP contribution in [0.5, 0.6) is 0 Å². The molecule has 2 bridgehead atoms. The quantitative estimate of drug-likeness (QED) is 0.266. The van der Waals surface area contributed by atoms with E-state index in [1.165, 1.54) is 12.8 Å². The van der Waals surface area contributed by atoms with Gasteiger partial charge in [-0.05, 0) is 103 Å². The van der Waals surface area contributed by atoms with E-state index in [-0.39, 0.29) is 11.5 Å². The fourth-order valence-corrected chi connectivity index (χ4v) is 6.33.